The van der Waals surface area contributed by atoms with Crippen molar-refractivity contribution in [1.29, 1.82) is 0 Å². The van der Waals surface area contributed by atoms with E-state index in [-0.39, 0.29) is 29.7 Å². The van der Waals surface area contributed by atoms with Crippen molar-refractivity contribution in [2.45, 2.75) is 62.7 Å². The molecule has 0 radical (unpaired) electrons. The molecule has 0 aromatic heterocycles. The summed E-state index contributed by atoms with van der Waals surface area (Å²) in [4.78, 5) is 42.6. The van der Waals surface area contributed by atoms with Crippen LogP contribution in [-0.4, -0.2) is 81.1 Å². The van der Waals surface area contributed by atoms with E-state index in [0.717, 1.165) is 36.1 Å². The number of likely N-dealkylation sites (N-methyl/N-ethyl adjacent to an activating group) is 1. The second-order valence-electron chi connectivity index (χ2n) is 10.8. The second-order valence-corrected chi connectivity index (χ2v) is 10.8. The van der Waals surface area contributed by atoms with E-state index >= 15 is 0 Å². The highest BCUT2D eigenvalue weighted by molar-refractivity contribution is 5.94. The van der Waals surface area contributed by atoms with Crippen LogP contribution in [0.3, 0.4) is 0 Å². The van der Waals surface area contributed by atoms with E-state index in [4.69, 9.17) is 4.74 Å². The number of hydrogen-bond acceptors (Lipinski definition) is 6. The van der Waals surface area contributed by atoms with Gasteiger partial charge >= 0.3 is 0 Å². The third-order valence-corrected chi connectivity index (χ3v) is 8.25. The number of ether oxygens (including phenoxy) is 1. The first-order valence-corrected chi connectivity index (χ1v) is 14.3. The van der Waals surface area contributed by atoms with Crippen LogP contribution in [0.1, 0.15) is 36.8 Å². The highest BCUT2D eigenvalue weighted by Gasteiger charge is 2.47. The van der Waals surface area contributed by atoms with E-state index < -0.39 is 18.1 Å². The zero-order valence-electron chi connectivity index (χ0n) is 23.8. The van der Waals surface area contributed by atoms with Crippen LogP contribution < -0.4 is 26.0 Å². The highest BCUT2D eigenvalue weighted by atomic mass is 16.5. The monoisotopic (exact) mass is 549 g/mol. The van der Waals surface area contributed by atoms with Gasteiger partial charge in [-0.2, -0.15) is 0 Å². The lowest BCUT2D eigenvalue weighted by Gasteiger charge is -2.33. The van der Waals surface area contributed by atoms with Gasteiger partial charge in [0.2, 0.25) is 17.7 Å². The number of hydrogen-bond donors (Lipinski definition) is 4. The molecular formula is C31H43N5O4. The highest BCUT2D eigenvalue weighted by Crippen LogP contribution is 2.34. The third-order valence-electron chi connectivity index (χ3n) is 8.25. The van der Waals surface area contributed by atoms with E-state index in [0.29, 0.717) is 32.4 Å². The molecule has 9 nitrogen and oxygen atoms in total. The molecule has 2 fully saturated rings. The number of methoxy groups -OCH3 is 1. The summed E-state index contributed by atoms with van der Waals surface area (Å²) in [6.07, 6.45) is 4.26. The zero-order chi connectivity index (χ0) is 28.5. The molecule has 0 saturated carbocycles. The molecule has 2 heterocycles. The van der Waals surface area contributed by atoms with Crippen LogP contribution in [0, 0.1) is 5.92 Å². The molecule has 2 aliphatic rings. The second kappa shape index (κ2) is 14.3. The Hall–Kier alpha value is -3.43. The van der Waals surface area contributed by atoms with Crippen molar-refractivity contribution in [1.82, 2.24) is 26.2 Å². The molecule has 0 aliphatic carbocycles. The maximum absolute atomic E-state index is 14.1. The maximum Gasteiger partial charge on any atom is 0.246 e. The SMILES string of the molecule is CNC[C@H]1CC[C@H]2CC[C@@H](C(=O)NCCc3ccc(OC)cc3)N2C(=O)[C@H]1NC(=O)[C@@H](Cc1ccccc1)NC. The van der Waals surface area contributed by atoms with Gasteiger partial charge in [-0.1, -0.05) is 42.5 Å². The summed E-state index contributed by atoms with van der Waals surface area (Å²) in [5, 5.41) is 12.4. The molecule has 216 valence electrons. The summed E-state index contributed by atoms with van der Waals surface area (Å²) < 4.78 is 5.21. The minimum atomic E-state index is -0.690. The molecule has 4 N–H and O–H groups in total. The first-order valence-electron chi connectivity index (χ1n) is 14.3. The van der Waals surface area contributed by atoms with Gasteiger partial charge in [0, 0.05) is 25.0 Å². The van der Waals surface area contributed by atoms with Crippen molar-refractivity contribution in [2.75, 3.05) is 34.3 Å². The molecule has 3 amide bonds. The normalized spacial score (nSPS) is 23.2. The fourth-order valence-corrected chi connectivity index (χ4v) is 6.02. The first-order chi connectivity index (χ1) is 19.4. The minimum Gasteiger partial charge on any atom is -0.497 e. The molecular weight excluding hydrogens is 506 g/mol. The topological polar surface area (TPSA) is 112 Å². The molecule has 9 heteroatoms. The molecule has 40 heavy (non-hydrogen) atoms. The Kier molecular flexibility index (Phi) is 10.5. The summed E-state index contributed by atoms with van der Waals surface area (Å²) in [6, 6.07) is 15.9. The Bertz CT molecular complexity index is 1130. The predicted octanol–water partition coefficient (Wildman–Crippen LogP) is 1.66. The van der Waals surface area contributed by atoms with Gasteiger partial charge in [-0.15, -0.1) is 0 Å². The quantitative estimate of drug-likeness (QED) is 0.321. The minimum absolute atomic E-state index is 0.00973. The summed E-state index contributed by atoms with van der Waals surface area (Å²) in [7, 11) is 5.26. The van der Waals surface area contributed by atoms with Crippen LogP contribution in [0.5, 0.6) is 5.75 Å². The summed E-state index contributed by atoms with van der Waals surface area (Å²) in [5.41, 5.74) is 2.14. The van der Waals surface area contributed by atoms with Gasteiger partial charge in [0.1, 0.15) is 17.8 Å². The Morgan fingerprint density at radius 3 is 2.38 bits per heavy atom. The number of fused-ring (bicyclic) bond motifs is 1. The number of nitrogens with one attached hydrogen (secondary N) is 4. The van der Waals surface area contributed by atoms with Crippen molar-refractivity contribution in [2.24, 2.45) is 5.92 Å². The summed E-state index contributed by atoms with van der Waals surface area (Å²) in [6.45, 7) is 1.10. The average molecular weight is 550 g/mol. The summed E-state index contributed by atoms with van der Waals surface area (Å²) >= 11 is 0. The van der Waals surface area contributed by atoms with E-state index in [1.807, 2.05) is 61.6 Å². The van der Waals surface area contributed by atoms with Crippen LogP contribution in [0.15, 0.2) is 54.6 Å². The Morgan fingerprint density at radius 2 is 1.70 bits per heavy atom. The Labute approximate surface area is 237 Å². The van der Waals surface area contributed by atoms with E-state index in [2.05, 4.69) is 21.3 Å². The van der Waals surface area contributed by atoms with Gasteiger partial charge in [0.25, 0.3) is 0 Å². The van der Waals surface area contributed by atoms with Crippen molar-refractivity contribution in [3.8, 4) is 5.75 Å². The van der Waals surface area contributed by atoms with Gasteiger partial charge in [-0.05, 0) is 75.9 Å². The fraction of sp³-hybridized carbons (Fsp3) is 0.516. The Morgan fingerprint density at radius 1 is 0.975 bits per heavy atom. The molecule has 2 aromatic carbocycles. The molecule has 0 unspecified atom stereocenters. The van der Waals surface area contributed by atoms with Gasteiger partial charge in [0.05, 0.1) is 13.2 Å². The van der Waals surface area contributed by atoms with Crippen molar-refractivity contribution >= 4 is 17.7 Å². The van der Waals surface area contributed by atoms with Crippen LogP contribution in [0.25, 0.3) is 0 Å². The van der Waals surface area contributed by atoms with Crippen molar-refractivity contribution in [3.63, 3.8) is 0 Å². The zero-order valence-corrected chi connectivity index (χ0v) is 23.8. The van der Waals surface area contributed by atoms with E-state index in [1.54, 1.807) is 19.1 Å². The largest absolute Gasteiger partial charge is 0.497 e. The lowest BCUT2D eigenvalue weighted by atomic mass is 9.92. The van der Waals surface area contributed by atoms with Crippen LogP contribution >= 0.6 is 0 Å². The van der Waals surface area contributed by atoms with Crippen molar-refractivity contribution in [3.05, 3.63) is 65.7 Å². The number of nitrogens with zero attached hydrogens (tertiary/aromatic N) is 1. The first kappa shape index (κ1) is 29.6. The number of carbonyl (C=O) groups excluding carboxylic acids is 3. The fourth-order valence-electron chi connectivity index (χ4n) is 6.02. The molecule has 0 bridgehead atoms. The van der Waals surface area contributed by atoms with E-state index in [9.17, 15) is 14.4 Å². The molecule has 4 rings (SSSR count). The Balaban J connectivity index is 1.43. The average Bonchev–Trinajstić information content (AvgIpc) is 3.36. The van der Waals surface area contributed by atoms with E-state index in [1.165, 1.54) is 0 Å². The summed E-state index contributed by atoms with van der Waals surface area (Å²) in [5.74, 6) is 0.255. The van der Waals surface area contributed by atoms with Crippen LogP contribution in [0.2, 0.25) is 0 Å². The van der Waals surface area contributed by atoms with Gasteiger partial charge in [-0.25, -0.2) is 0 Å². The van der Waals surface area contributed by atoms with Gasteiger partial charge in [0.15, 0.2) is 0 Å². The molecule has 2 aliphatic heterocycles. The third kappa shape index (κ3) is 7.20. The van der Waals surface area contributed by atoms with Gasteiger partial charge in [-0.3, -0.25) is 14.4 Å². The molecule has 5 atom stereocenters. The number of rotatable bonds is 12. The predicted molar refractivity (Wildman–Crippen MR) is 155 cm³/mol. The smallest absolute Gasteiger partial charge is 0.246 e. The van der Waals surface area contributed by atoms with Crippen molar-refractivity contribution < 1.29 is 19.1 Å². The maximum atomic E-state index is 14.1. The standard InChI is InChI=1S/C31H43N5O4/c1-32-20-23-11-12-24-13-16-27(30(38)34-18-17-21-9-14-25(40-3)15-10-21)36(24)31(39)28(23)35-29(37)26(33-2)19-22-7-5-4-6-8-22/h4-10,14-15,23-24,26-28,32-33H,11-13,16-20H2,1-3H3,(H,34,38)(H,35,37)/t23-,24+,26-,27+,28+/m1/s1. The van der Waals surface area contributed by atoms with Gasteiger partial charge < -0.3 is 30.9 Å². The number of amides is 3. The molecule has 2 saturated heterocycles. The lowest BCUT2D eigenvalue weighted by Crippen LogP contribution is -2.59. The number of benzene rings is 2. The lowest BCUT2D eigenvalue weighted by molar-refractivity contribution is -0.143. The molecule has 2 aromatic rings. The number of carbonyl (C=O) groups is 3. The molecule has 0 spiro atoms. The van der Waals surface area contributed by atoms with Crippen LogP contribution in [-0.2, 0) is 27.2 Å². The van der Waals surface area contributed by atoms with Crippen LogP contribution in [0.4, 0.5) is 0 Å².